The number of hydrogen-bond donors (Lipinski definition) is 1. The van der Waals surface area contributed by atoms with Crippen molar-refractivity contribution in [1.29, 1.82) is 0 Å². The molecule has 12 heavy (non-hydrogen) atoms. The van der Waals surface area contributed by atoms with Gasteiger partial charge < -0.3 is 5.73 Å². The van der Waals surface area contributed by atoms with Gasteiger partial charge >= 0.3 is 0 Å². The molecule has 0 fully saturated rings. The largest absolute Gasteiger partial charge is 0.399 e. The highest BCUT2D eigenvalue weighted by Crippen LogP contribution is 2.37. The van der Waals surface area contributed by atoms with Gasteiger partial charge in [-0.1, -0.05) is 18.2 Å². The predicted molar refractivity (Wildman–Crippen MR) is 54.5 cm³/mol. The molecule has 0 spiro atoms. The lowest BCUT2D eigenvalue weighted by Crippen LogP contribution is -1.90. The van der Waals surface area contributed by atoms with Crippen LogP contribution in [0.3, 0.4) is 0 Å². The van der Waals surface area contributed by atoms with Crippen molar-refractivity contribution in [3.8, 4) is 0 Å². The molecule has 0 atom stereocenters. The summed E-state index contributed by atoms with van der Waals surface area (Å²) in [5.74, 6) is 0. The van der Waals surface area contributed by atoms with Gasteiger partial charge in [-0.3, -0.25) is 0 Å². The minimum absolute atomic E-state index is 0.829. The van der Waals surface area contributed by atoms with Crippen LogP contribution >= 0.6 is 11.8 Å². The SMILES string of the molecule is Nc1ccc([C]2CC=CS2)cc1. The van der Waals surface area contributed by atoms with Gasteiger partial charge in [-0.25, -0.2) is 0 Å². The van der Waals surface area contributed by atoms with Gasteiger partial charge in [0, 0.05) is 5.69 Å². The van der Waals surface area contributed by atoms with Gasteiger partial charge in [0.2, 0.25) is 0 Å². The lowest BCUT2D eigenvalue weighted by Gasteiger charge is -2.07. The molecular weight excluding hydrogens is 166 g/mol. The molecule has 0 bridgehead atoms. The highest BCUT2D eigenvalue weighted by Gasteiger charge is 2.13. The number of benzene rings is 1. The second kappa shape index (κ2) is 3.23. The van der Waals surface area contributed by atoms with E-state index in [1.165, 1.54) is 10.8 Å². The van der Waals surface area contributed by atoms with E-state index >= 15 is 0 Å². The summed E-state index contributed by atoms with van der Waals surface area (Å²) in [7, 11) is 0. The van der Waals surface area contributed by atoms with Crippen molar-refractivity contribution in [2.45, 2.75) is 6.42 Å². The minimum atomic E-state index is 0.829. The topological polar surface area (TPSA) is 26.0 Å². The van der Waals surface area contributed by atoms with Crippen molar-refractivity contribution < 1.29 is 0 Å². The van der Waals surface area contributed by atoms with E-state index in [0.29, 0.717) is 0 Å². The van der Waals surface area contributed by atoms with Gasteiger partial charge in [-0.05, 0) is 29.5 Å². The fourth-order valence-electron chi connectivity index (χ4n) is 1.19. The Balaban J connectivity index is 2.18. The Morgan fingerprint density at radius 1 is 1.17 bits per heavy atom. The van der Waals surface area contributed by atoms with Crippen LogP contribution in [-0.4, -0.2) is 0 Å². The first-order chi connectivity index (χ1) is 5.86. The maximum absolute atomic E-state index is 5.59. The summed E-state index contributed by atoms with van der Waals surface area (Å²) < 4.78 is 0. The first-order valence-corrected chi connectivity index (χ1v) is 4.77. The Bertz CT molecular complexity index is 281. The van der Waals surface area contributed by atoms with Crippen molar-refractivity contribution >= 4 is 17.4 Å². The number of nitrogens with two attached hydrogens (primary N) is 1. The maximum atomic E-state index is 5.59. The average molecular weight is 176 g/mol. The second-order valence-electron chi connectivity index (χ2n) is 2.74. The van der Waals surface area contributed by atoms with E-state index in [4.69, 9.17) is 5.73 Å². The fraction of sp³-hybridized carbons (Fsp3) is 0.100. The molecule has 0 unspecified atom stereocenters. The van der Waals surface area contributed by atoms with Gasteiger partial charge in [0.25, 0.3) is 0 Å². The third kappa shape index (κ3) is 1.48. The average Bonchev–Trinajstić information content (AvgIpc) is 2.58. The van der Waals surface area contributed by atoms with Gasteiger partial charge in [0.1, 0.15) is 0 Å². The van der Waals surface area contributed by atoms with E-state index in [9.17, 15) is 0 Å². The van der Waals surface area contributed by atoms with E-state index in [1.807, 2.05) is 12.1 Å². The smallest absolute Gasteiger partial charge is 0.0677 e. The molecule has 0 aromatic heterocycles. The lowest BCUT2D eigenvalue weighted by molar-refractivity contribution is 1.22. The second-order valence-corrected chi connectivity index (χ2v) is 3.74. The van der Waals surface area contributed by atoms with E-state index in [2.05, 4.69) is 23.6 Å². The van der Waals surface area contributed by atoms with E-state index in [-0.39, 0.29) is 0 Å². The van der Waals surface area contributed by atoms with E-state index < -0.39 is 0 Å². The summed E-state index contributed by atoms with van der Waals surface area (Å²) in [6.07, 6.45) is 3.24. The molecule has 1 aromatic rings. The number of thioether (sulfide) groups is 1. The standard InChI is InChI=1S/C10H10NS/c11-9-5-3-8(4-6-9)10-2-1-7-12-10/h1,3-7H,2,11H2. The van der Waals surface area contributed by atoms with Crippen molar-refractivity contribution in [3.63, 3.8) is 0 Å². The molecular formula is C10H10NS. The molecule has 1 nitrogen and oxygen atoms in total. The Labute approximate surface area is 76.7 Å². The number of nitrogen functional groups attached to an aromatic ring is 1. The fourth-order valence-corrected chi connectivity index (χ4v) is 2.01. The van der Waals surface area contributed by atoms with Crippen LogP contribution in [0.15, 0.2) is 35.7 Å². The molecule has 2 rings (SSSR count). The summed E-state index contributed by atoms with van der Waals surface area (Å²) in [6, 6.07) is 8.04. The van der Waals surface area contributed by atoms with Crippen LogP contribution in [0.25, 0.3) is 0 Å². The summed E-state index contributed by atoms with van der Waals surface area (Å²) in [6.45, 7) is 0. The third-order valence-electron chi connectivity index (χ3n) is 1.84. The molecule has 0 saturated heterocycles. The molecule has 1 heterocycles. The Morgan fingerprint density at radius 3 is 2.50 bits per heavy atom. The number of hydrogen-bond acceptors (Lipinski definition) is 2. The van der Waals surface area contributed by atoms with Gasteiger partial charge in [0.15, 0.2) is 0 Å². The Kier molecular flexibility index (Phi) is 2.09. The quantitative estimate of drug-likeness (QED) is 0.666. The maximum Gasteiger partial charge on any atom is 0.0677 e. The predicted octanol–water partition coefficient (Wildman–Crippen LogP) is 2.80. The van der Waals surface area contributed by atoms with Crippen LogP contribution in [0.4, 0.5) is 5.69 Å². The van der Waals surface area contributed by atoms with Crippen LogP contribution in [0.2, 0.25) is 0 Å². The van der Waals surface area contributed by atoms with Crippen molar-refractivity contribution in [3.05, 3.63) is 46.6 Å². The molecule has 2 heteroatoms. The highest BCUT2D eigenvalue weighted by atomic mass is 32.2. The molecule has 0 amide bonds. The summed E-state index contributed by atoms with van der Waals surface area (Å²) >= 11 is 1.80. The Hall–Kier alpha value is -0.890. The van der Waals surface area contributed by atoms with Crippen LogP contribution < -0.4 is 5.73 Å². The van der Waals surface area contributed by atoms with Crippen molar-refractivity contribution in [1.82, 2.24) is 0 Å². The van der Waals surface area contributed by atoms with Crippen LogP contribution in [0, 0.1) is 5.25 Å². The molecule has 1 aliphatic rings. The zero-order valence-corrected chi connectivity index (χ0v) is 7.47. The van der Waals surface area contributed by atoms with Crippen LogP contribution in [-0.2, 0) is 0 Å². The summed E-state index contributed by atoms with van der Waals surface area (Å²) in [5, 5.41) is 3.54. The lowest BCUT2D eigenvalue weighted by atomic mass is 10.1. The number of rotatable bonds is 1. The molecule has 1 aromatic carbocycles. The first kappa shape index (κ1) is 7.74. The van der Waals surface area contributed by atoms with Gasteiger partial charge in [-0.15, -0.1) is 11.8 Å². The molecule has 0 saturated carbocycles. The van der Waals surface area contributed by atoms with E-state index in [0.717, 1.165) is 12.1 Å². The molecule has 61 valence electrons. The van der Waals surface area contributed by atoms with Crippen molar-refractivity contribution in [2.75, 3.05) is 5.73 Å². The summed E-state index contributed by atoms with van der Waals surface area (Å²) in [4.78, 5) is 0. The first-order valence-electron chi connectivity index (χ1n) is 3.90. The highest BCUT2D eigenvalue weighted by molar-refractivity contribution is 8.05. The molecule has 2 N–H and O–H groups in total. The zero-order chi connectivity index (χ0) is 8.39. The molecule has 1 aliphatic heterocycles. The molecule has 1 radical (unpaired) electrons. The van der Waals surface area contributed by atoms with Gasteiger partial charge in [0.05, 0.1) is 5.25 Å². The molecule has 0 aliphatic carbocycles. The Morgan fingerprint density at radius 2 is 1.92 bits per heavy atom. The van der Waals surface area contributed by atoms with Crippen LogP contribution in [0.5, 0.6) is 0 Å². The van der Waals surface area contributed by atoms with Crippen molar-refractivity contribution in [2.24, 2.45) is 0 Å². The summed E-state index contributed by atoms with van der Waals surface area (Å²) in [5.41, 5.74) is 7.71. The van der Waals surface area contributed by atoms with Crippen LogP contribution in [0.1, 0.15) is 12.0 Å². The normalized spacial score (nSPS) is 17.0. The number of allylic oxidation sites excluding steroid dienone is 1. The minimum Gasteiger partial charge on any atom is -0.399 e. The monoisotopic (exact) mass is 176 g/mol. The third-order valence-corrected chi connectivity index (χ3v) is 2.86. The zero-order valence-electron chi connectivity index (χ0n) is 6.66. The number of anilines is 1. The van der Waals surface area contributed by atoms with Gasteiger partial charge in [-0.2, -0.15) is 0 Å². The van der Waals surface area contributed by atoms with E-state index in [1.54, 1.807) is 11.8 Å².